The van der Waals surface area contributed by atoms with Crippen molar-refractivity contribution in [3.8, 4) is 5.75 Å². The molecule has 1 aliphatic carbocycles. The number of carbonyl (C=O) groups excluding carboxylic acids is 1. The Balaban J connectivity index is 0.00000312. The lowest BCUT2D eigenvalue weighted by molar-refractivity contribution is -0.119. The van der Waals surface area contributed by atoms with Gasteiger partial charge >= 0.3 is 0 Å². The maximum atomic E-state index is 11.7. The summed E-state index contributed by atoms with van der Waals surface area (Å²) < 4.78 is 5.89. The Morgan fingerprint density at radius 1 is 1.36 bits per heavy atom. The number of halogens is 1. The number of aryl methyl sites for hydroxylation is 1. The molecular weight excluding hydrogens is 431 g/mol. The van der Waals surface area contributed by atoms with Crippen LogP contribution >= 0.6 is 24.0 Å². The minimum atomic E-state index is -0.0289. The summed E-state index contributed by atoms with van der Waals surface area (Å²) in [4.78, 5) is 16.0. The zero-order valence-corrected chi connectivity index (χ0v) is 17.5. The summed E-state index contributed by atoms with van der Waals surface area (Å²) >= 11 is 0. The van der Waals surface area contributed by atoms with Crippen LogP contribution in [0.4, 0.5) is 0 Å². The van der Waals surface area contributed by atoms with Crippen molar-refractivity contribution in [3.63, 3.8) is 0 Å². The largest absolute Gasteiger partial charge is 0.489 e. The van der Waals surface area contributed by atoms with Crippen LogP contribution in [-0.2, 0) is 4.79 Å². The molecule has 3 N–H and O–H groups in total. The molecule has 2 rings (SSSR count). The van der Waals surface area contributed by atoms with Crippen molar-refractivity contribution in [1.29, 1.82) is 0 Å². The van der Waals surface area contributed by atoms with Gasteiger partial charge < -0.3 is 20.7 Å². The van der Waals surface area contributed by atoms with Crippen molar-refractivity contribution in [2.45, 2.75) is 45.8 Å². The molecule has 0 spiro atoms. The Morgan fingerprint density at radius 3 is 2.76 bits per heavy atom. The van der Waals surface area contributed by atoms with Crippen molar-refractivity contribution in [2.75, 3.05) is 19.6 Å². The first-order valence-corrected chi connectivity index (χ1v) is 8.61. The third-order valence-electron chi connectivity index (χ3n) is 3.55. The lowest BCUT2D eigenvalue weighted by Crippen LogP contribution is -2.42. The van der Waals surface area contributed by atoms with E-state index in [2.05, 4.69) is 20.9 Å². The highest BCUT2D eigenvalue weighted by Crippen LogP contribution is 2.18. The second kappa shape index (κ2) is 11.2. The van der Waals surface area contributed by atoms with Gasteiger partial charge in [0.2, 0.25) is 5.91 Å². The predicted octanol–water partition coefficient (Wildman–Crippen LogP) is 2.21. The van der Waals surface area contributed by atoms with Gasteiger partial charge in [-0.15, -0.1) is 24.0 Å². The van der Waals surface area contributed by atoms with Gasteiger partial charge in [-0.3, -0.25) is 4.79 Å². The number of ether oxygens (including phenoxy) is 1. The molecular formula is C18H29IN4O2. The highest BCUT2D eigenvalue weighted by Gasteiger charge is 2.22. The van der Waals surface area contributed by atoms with Crippen molar-refractivity contribution in [3.05, 3.63) is 29.8 Å². The number of amides is 1. The summed E-state index contributed by atoms with van der Waals surface area (Å²) in [6.07, 6.45) is 2.15. The Bertz CT molecular complexity index is 576. The van der Waals surface area contributed by atoms with Gasteiger partial charge in [-0.2, -0.15) is 0 Å². The number of carbonyl (C=O) groups is 1. The van der Waals surface area contributed by atoms with Gasteiger partial charge in [0.05, 0.1) is 6.54 Å². The number of nitrogens with zero attached hydrogens (tertiary/aromatic N) is 1. The molecule has 140 valence electrons. The topological polar surface area (TPSA) is 74.8 Å². The van der Waals surface area contributed by atoms with Crippen LogP contribution in [-0.4, -0.2) is 43.6 Å². The second-order valence-corrected chi connectivity index (χ2v) is 6.16. The Hall–Kier alpha value is -1.51. The third-order valence-corrected chi connectivity index (χ3v) is 3.55. The fraction of sp³-hybridized carbons (Fsp3) is 0.556. The van der Waals surface area contributed by atoms with Crippen LogP contribution in [0.3, 0.4) is 0 Å². The van der Waals surface area contributed by atoms with Crippen LogP contribution < -0.4 is 20.7 Å². The molecule has 7 heteroatoms. The van der Waals surface area contributed by atoms with Gasteiger partial charge in [0.25, 0.3) is 0 Å². The zero-order chi connectivity index (χ0) is 17.4. The highest BCUT2D eigenvalue weighted by molar-refractivity contribution is 14.0. The average molecular weight is 460 g/mol. The molecule has 6 nitrogen and oxygen atoms in total. The summed E-state index contributed by atoms with van der Waals surface area (Å²) in [5, 5.41) is 9.28. The smallest absolute Gasteiger partial charge is 0.242 e. The number of nitrogens with one attached hydrogen (secondary N) is 3. The number of rotatable bonds is 8. The molecule has 1 amide bonds. The molecule has 1 aromatic rings. The molecule has 1 aromatic carbocycles. The molecule has 0 radical (unpaired) electrons. The first-order chi connectivity index (χ1) is 11.6. The molecule has 0 heterocycles. The van der Waals surface area contributed by atoms with E-state index in [-0.39, 0.29) is 42.5 Å². The second-order valence-electron chi connectivity index (χ2n) is 6.16. The van der Waals surface area contributed by atoms with E-state index in [1.807, 2.05) is 45.0 Å². The maximum absolute atomic E-state index is 11.7. The van der Waals surface area contributed by atoms with E-state index in [1.54, 1.807) is 0 Å². The summed E-state index contributed by atoms with van der Waals surface area (Å²) in [6, 6.07) is 8.35. The van der Waals surface area contributed by atoms with Gasteiger partial charge in [-0.1, -0.05) is 12.1 Å². The minimum Gasteiger partial charge on any atom is -0.489 e. The van der Waals surface area contributed by atoms with Crippen LogP contribution in [0.25, 0.3) is 0 Å². The summed E-state index contributed by atoms with van der Waals surface area (Å²) in [5.74, 6) is 1.46. The number of guanidine groups is 1. The van der Waals surface area contributed by atoms with Crippen LogP contribution in [0.2, 0.25) is 0 Å². The van der Waals surface area contributed by atoms with Crippen LogP contribution in [0.15, 0.2) is 29.3 Å². The molecule has 0 aliphatic heterocycles. The first-order valence-electron chi connectivity index (χ1n) is 8.61. The molecule has 1 saturated carbocycles. The van der Waals surface area contributed by atoms with Gasteiger partial charge in [0, 0.05) is 12.6 Å². The lowest BCUT2D eigenvalue weighted by Gasteiger charge is -2.18. The van der Waals surface area contributed by atoms with Crippen molar-refractivity contribution in [2.24, 2.45) is 4.99 Å². The van der Waals surface area contributed by atoms with E-state index in [9.17, 15) is 4.79 Å². The van der Waals surface area contributed by atoms with Crippen molar-refractivity contribution < 1.29 is 9.53 Å². The number of hydrogen-bond donors (Lipinski definition) is 3. The number of benzene rings is 1. The monoisotopic (exact) mass is 460 g/mol. The van der Waals surface area contributed by atoms with Crippen LogP contribution in [0, 0.1) is 6.92 Å². The van der Waals surface area contributed by atoms with Gasteiger partial charge in [0.1, 0.15) is 18.4 Å². The lowest BCUT2D eigenvalue weighted by atomic mass is 10.2. The quantitative estimate of drug-likeness (QED) is 0.316. The fourth-order valence-electron chi connectivity index (χ4n) is 2.20. The van der Waals surface area contributed by atoms with Crippen molar-refractivity contribution >= 4 is 35.8 Å². The Morgan fingerprint density at radius 2 is 2.12 bits per heavy atom. The molecule has 0 bridgehead atoms. The predicted molar refractivity (Wildman–Crippen MR) is 112 cm³/mol. The highest BCUT2D eigenvalue weighted by atomic mass is 127. The van der Waals surface area contributed by atoms with Crippen LogP contribution in [0.1, 0.15) is 32.3 Å². The standard InChI is InChI=1S/C18H28N4O2.HI/c1-4-19-18(21-12-17(23)22-15-8-9-15)20-11-14(3)24-16-7-5-6-13(2)10-16;/h5-7,10,14-15H,4,8-9,11-12H2,1-3H3,(H,22,23)(H2,19,20,21);1H. The van der Waals surface area contributed by atoms with Gasteiger partial charge in [-0.05, 0) is 51.3 Å². The Labute approximate surface area is 167 Å². The van der Waals surface area contributed by atoms with Gasteiger partial charge in [-0.25, -0.2) is 4.99 Å². The fourth-order valence-corrected chi connectivity index (χ4v) is 2.20. The normalized spacial score (nSPS) is 14.9. The molecule has 0 saturated heterocycles. The minimum absolute atomic E-state index is 0. The molecule has 0 aromatic heterocycles. The summed E-state index contributed by atoms with van der Waals surface area (Å²) in [6.45, 7) is 7.51. The van der Waals surface area contributed by atoms with Crippen LogP contribution in [0.5, 0.6) is 5.75 Å². The molecule has 25 heavy (non-hydrogen) atoms. The van der Waals surface area contributed by atoms with Gasteiger partial charge in [0.15, 0.2) is 5.96 Å². The van der Waals surface area contributed by atoms with Crippen molar-refractivity contribution in [1.82, 2.24) is 16.0 Å². The van der Waals surface area contributed by atoms with E-state index < -0.39 is 0 Å². The first kappa shape index (κ1) is 21.5. The molecule has 1 atom stereocenters. The zero-order valence-electron chi connectivity index (χ0n) is 15.2. The maximum Gasteiger partial charge on any atom is 0.242 e. The van der Waals surface area contributed by atoms with E-state index in [1.165, 1.54) is 5.56 Å². The number of aliphatic imine (C=N–C) groups is 1. The summed E-state index contributed by atoms with van der Waals surface area (Å²) in [7, 11) is 0. The van der Waals surface area contributed by atoms with E-state index >= 15 is 0 Å². The van der Waals surface area contributed by atoms with E-state index in [0.717, 1.165) is 25.1 Å². The molecule has 1 unspecified atom stereocenters. The molecule has 1 fully saturated rings. The average Bonchev–Trinajstić information content (AvgIpc) is 3.34. The van der Waals surface area contributed by atoms with E-state index in [0.29, 0.717) is 18.5 Å². The number of hydrogen-bond acceptors (Lipinski definition) is 3. The Kier molecular flexibility index (Phi) is 9.62. The SMILES string of the molecule is CCNC(=NCC(=O)NC1CC1)NCC(C)Oc1cccc(C)c1.I. The summed E-state index contributed by atoms with van der Waals surface area (Å²) in [5.41, 5.74) is 1.17. The van der Waals surface area contributed by atoms with E-state index in [4.69, 9.17) is 4.74 Å². The third kappa shape index (κ3) is 8.94. The molecule has 1 aliphatic rings.